The van der Waals surface area contributed by atoms with Crippen LogP contribution < -0.4 is 5.32 Å². The summed E-state index contributed by atoms with van der Waals surface area (Å²) >= 11 is 0. The first-order valence-corrected chi connectivity index (χ1v) is 5.02. The Morgan fingerprint density at radius 2 is 2.12 bits per heavy atom. The average molecular weight is 221 g/mol. The summed E-state index contributed by atoms with van der Waals surface area (Å²) in [5.74, 6) is -0.382. The van der Waals surface area contributed by atoms with Crippen molar-refractivity contribution < 1.29 is 8.78 Å². The van der Waals surface area contributed by atoms with Crippen LogP contribution in [0.1, 0.15) is 5.56 Å². The number of nitrogens with zero attached hydrogens (tertiary/aromatic N) is 1. The Hall–Kier alpha value is -1.91. The number of hydrogen-bond donors (Lipinski definition) is 2. The maximum absolute atomic E-state index is 13.6. The van der Waals surface area contributed by atoms with E-state index in [4.69, 9.17) is 0 Å². The van der Waals surface area contributed by atoms with Crippen LogP contribution in [-0.2, 0) is 6.42 Å². The fourth-order valence-electron chi connectivity index (χ4n) is 1.98. The zero-order valence-corrected chi connectivity index (χ0v) is 8.35. The van der Waals surface area contributed by atoms with Crippen LogP contribution in [0.2, 0.25) is 0 Å². The maximum Gasteiger partial charge on any atom is 0.151 e. The summed E-state index contributed by atoms with van der Waals surface area (Å²) in [5, 5.41) is 9.90. The number of aromatic nitrogens is 2. The molecule has 0 amide bonds. The number of anilines is 1. The molecule has 2 aromatic rings. The van der Waals surface area contributed by atoms with Gasteiger partial charge in [0.1, 0.15) is 11.6 Å². The van der Waals surface area contributed by atoms with Crippen molar-refractivity contribution in [3.63, 3.8) is 0 Å². The summed E-state index contributed by atoms with van der Waals surface area (Å²) < 4.78 is 26.4. The third kappa shape index (κ3) is 1.28. The highest BCUT2D eigenvalue weighted by Crippen LogP contribution is 2.31. The van der Waals surface area contributed by atoms with Crippen molar-refractivity contribution in [2.75, 3.05) is 11.9 Å². The maximum atomic E-state index is 13.6. The van der Waals surface area contributed by atoms with E-state index in [2.05, 4.69) is 15.5 Å². The van der Waals surface area contributed by atoms with Crippen molar-refractivity contribution >= 4 is 5.82 Å². The number of H-pyrrole nitrogens is 1. The summed E-state index contributed by atoms with van der Waals surface area (Å²) in [5.41, 5.74) is 1.96. The highest BCUT2D eigenvalue weighted by molar-refractivity contribution is 5.71. The molecule has 1 aromatic carbocycles. The van der Waals surface area contributed by atoms with E-state index < -0.39 is 11.6 Å². The van der Waals surface area contributed by atoms with Gasteiger partial charge in [-0.2, -0.15) is 5.10 Å². The van der Waals surface area contributed by atoms with Crippen LogP contribution in [-0.4, -0.2) is 16.7 Å². The molecule has 2 N–H and O–H groups in total. The molecule has 3 nitrogen and oxygen atoms in total. The Morgan fingerprint density at radius 1 is 1.25 bits per heavy atom. The van der Waals surface area contributed by atoms with Crippen molar-refractivity contribution in [2.45, 2.75) is 6.42 Å². The Balaban J connectivity index is 2.15. The second kappa shape index (κ2) is 3.30. The van der Waals surface area contributed by atoms with Crippen LogP contribution >= 0.6 is 0 Å². The largest absolute Gasteiger partial charge is 0.368 e. The van der Waals surface area contributed by atoms with E-state index >= 15 is 0 Å². The minimum atomic E-state index is -0.574. The van der Waals surface area contributed by atoms with E-state index in [9.17, 15) is 8.78 Å². The number of halogens is 2. The molecule has 5 heteroatoms. The topological polar surface area (TPSA) is 40.7 Å². The van der Waals surface area contributed by atoms with Crippen LogP contribution in [0.3, 0.4) is 0 Å². The number of rotatable bonds is 1. The molecule has 3 rings (SSSR count). The van der Waals surface area contributed by atoms with Crippen molar-refractivity contribution in [3.8, 4) is 11.3 Å². The SMILES string of the molecule is Fc1ccc(-c2[nH]nc3c2CCN3)c(F)c1. The molecule has 2 heterocycles. The zero-order chi connectivity index (χ0) is 11.1. The molecular formula is C11H9F2N3. The first-order chi connectivity index (χ1) is 7.75. The summed E-state index contributed by atoms with van der Waals surface area (Å²) in [6.07, 6.45) is 0.804. The van der Waals surface area contributed by atoms with Crippen LogP contribution in [0, 0.1) is 11.6 Å². The van der Waals surface area contributed by atoms with Gasteiger partial charge in [0.05, 0.1) is 5.69 Å². The third-order valence-corrected chi connectivity index (χ3v) is 2.74. The van der Waals surface area contributed by atoms with Gasteiger partial charge in [-0.3, -0.25) is 5.10 Å². The fraction of sp³-hybridized carbons (Fsp3) is 0.182. The normalized spacial score (nSPS) is 13.6. The molecule has 0 atom stereocenters. The minimum Gasteiger partial charge on any atom is -0.368 e. The van der Waals surface area contributed by atoms with Crippen molar-refractivity contribution in [1.82, 2.24) is 10.2 Å². The fourth-order valence-corrected chi connectivity index (χ4v) is 1.98. The Morgan fingerprint density at radius 3 is 2.94 bits per heavy atom. The molecule has 0 unspecified atom stereocenters. The van der Waals surface area contributed by atoms with Gasteiger partial charge in [-0.25, -0.2) is 8.78 Å². The van der Waals surface area contributed by atoms with Crippen LogP contribution in [0.15, 0.2) is 18.2 Å². The van der Waals surface area contributed by atoms with Crippen molar-refractivity contribution in [1.29, 1.82) is 0 Å². The highest BCUT2D eigenvalue weighted by atomic mass is 19.1. The summed E-state index contributed by atoms with van der Waals surface area (Å²) in [4.78, 5) is 0. The predicted molar refractivity (Wildman–Crippen MR) is 56.1 cm³/mol. The predicted octanol–water partition coefficient (Wildman–Crippen LogP) is 2.32. The van der Waals surface area contributed by atoms with Gasteiger partial charge in [-0.1, -0.05) is 0 Å². The molecule has 0 saturated heterocycles. The first kappa shape index (κ1) is 9.33. The Labute approximate surface area is 90.5 Å². The number of aromatic amines is 1. The Kier molecular flexibility index (Phi) is 1.92. The number of fused-ring (bicyclic) bond motifs is 1. The van der Waals surface area contributed by atoms with Crippen LogP contribution in [0.25, 0.3) is 11.3 Å². The van der Waals surface area contributed by atoms with E-state index in [0.29, 0.717) is 11.3 Å². The molecule has 16 heavy (non-hydrogen) atoms. The Bertz CT molecular complexity index is 548. The van der Waals surface area contributed by atoms with Gasteiger partial charge in [0, 0.05) is 23.7 Å². The van der Waals surface area contributed by atoms with E-state index in [-0.39, 0.29) is 0 Å². The van der Waals surface area contributed by atoms with Crippen molar-refractivity contribution in [3.05, 3.63) is 35.4 Å². The van der Waals surface area contributed by atoms with Gasteiger partial charge >= 0.3 is 0 Å². The molecule has 0 radical (unpaired) electrons. The molecule has 0 aliphatic carbocycles. The lowest BCUT2D eigenvalue weighted by Gasteiger charge is -2.02. The standard InChI is InChI=1S/C11H9F2N3/c12-6-1-2-7(9(13)5-6)10-8-3-4-14-11(8)16-15-10/h1-2,5H,3-4H2,(H2,14,15,16). The molecule has 1 aromatic heterocycles. The summed E-state index contributed by atoms with van der Waals surface area (Å²) in [7, 11) is 0. The lowest BCUT2D eigenvalue weighted by atomic mass is 10.1. The molecule has 0 fully saturated rings. The van der Waals surface area contributed by atoms with Gasteiger partial charge in [0.15, 0.2) is 5.82 Å². The molecule has 1 aliphatic rings. The molecule has 1 aliphatic heterocycles. The lowest BCUT2D eigenvalue weighted by molar-refractivity contribution is 0.585. The van der Waals surface area contributed by atoms with Gasteiger partial charge in [0.2, 0.25) is 0 Å². The number of nitrogens with one attached hydrogen (secondary N) is 2. The van der Waals surface area contributed by atoms with Gasteiger partial charge in [-0.15, -0.1) is 0 Å². The summed E-state index contributed by atoms with van der Waals surface area (Å²) in [6.45, 7) is 0.808. The molecule has 82 valence electrons. The van der Waals surface area contributed by atoms with Crippen LogP contribution in [0.5, 0.6) is 0 Å². The summed E-state index contributed by atoms with van der Waals surface area (Å²) in [6, 6.07) is 3.55. The van der Waals surface area contributed by atoms with Gasteiger partial charge in [-0.05, 0) is 18.6 Å². The molecular weight excluding hydrogens is 212 g/mol. The highest BCUT2D eigenvalue weighted by Gasteiger charge is 2.20. The minimum absolute atomic E-state index is 0.360. The monoisotopic (exact) mass is 221 g/mol. The van der Waals surface area contributed by atoms with Crippen molar-refractivity contribution in [2.24, 2.45) is 0 Å². The van der Waals surface area contributed by atoms with E-state index in [1.807, 2.05) is 0 Å². The smallest absolute Gasteiger partial charge is 0.151 e. The molecule has 0 bridgehead atoms. The van der Waals surface area contributed by atoms with E-state index in [0.717, 1.165) is 30.4 Å². The van der Waals surface area contributed by atoms with Gasteiger partial charge in [0.25, 0.3) is 0 Å². The average Bonchev–Trinajstić information content (AvgIpc) is 2.80. The number of benzene rings is 1. The zero-order valence-electron chi connectivity index (χ0n) is 8.35. The quantitative estimate of drug-likeness (QED) is 0.775. The third-order valence-electron chi connectivity index (χ3n) is 2.74. The first-order valence-electron chi connectivity index (χ1n) is 5.02. The second-order valence-electron chi connectivity index (χ2n) is 3.73. The molecule has 0 spiro atoms. The van der Waals surface area contributed by atoms with E-state index in [1.54, 1.807) is 0 Å². The van der Waals surface area contributed by atoms with Gasteiger partial charge < -0.3 is 5.32 Å². The van der Waals surface area contributed by atoms with E-state index in [1.165, 1.54) is 12.1 Å². The number of hydrogen-bond acceptors (Lipinski definition) is 2. The lowest BCUT2D eigenvalue weighted by Crippen LogP contribution is -1.95. The second-order valence-corrected chi connectivity index (χ2v) is 3.73. The van der Waals surface area contributed by atoms with Crippen LogP contribution in [0.4, 0.5) is 14.6 Å². The molecule has 0 saturated carbocycles.